The van der Waals surface area contributed by atoms with Crippen molar-refractivity contribution < 1.29 is 8.78 Å². The number of imidazole rings is 1. The normalized spacial score (nSPS) is 11.2. The number of aromatic amines is 1. The molecule has 20 heavy (non-hydrogen) atoms. The lowest BCUT2D eigenvalue weighted by Crippen LogP contribution is -2.02. The number of benzene rings is 2. The van der Waals surface area contributed by atoms with Gasteiger partial charge in [0.05, 0.1) is 11.0 Å². The second-order valence-electron chi connectivity index (χ2n) is 4.15. The van der Waals surface area contributed by atoms with Crippen molar-refractivity contribution in [1.29, 1.82) is 0 Å². The van der Waals surface area contributed by atoms with Crippen LogP contribution in [-0.2, 0) is 0 Å². The maximum atomic E-state index is 14.1. The lowest BCUT2D eigenvalue weighted by Gasteiger charge is -2.08. The molecule has 3 aromatic rings. The molecule has 7 heteroatoms. The van der Waals surface area contributed by atoms with Crippen molar-refractivity contribution in [3.63, 3.8) is 0 Å². The monoisotopic (exact) mass is 418 g/mol. The minimum atomic E-state index is -0.686. The average Bonchev–Trinajstić information content (AvgIpc) is 2.65. The van der Waals surface area contributed by atoms with Crippen LogP contribution in [0.4, 0.5) is 8.78 Å². The maximum Gasteiger partial charge on any atom is 0.182 e. The molecule has 0 aliphatic rings. The smallest absolute Gasteiger partial charge is 0.182 e. The van der Waals surface area contributed by atoms with Crippen LogP contribution in [0.1, 0.15) is 0 Å². The van der Waals surface area contributed by atoms with Crippen molar-refractivity contribution in [2.24, 2.45) is 0 Å². The second kappa shape index (κ2) is 5.05. The van der Waals surface area contributed by atoms with Crippen molar-refractivity contribution in [2.45, 2.75) is 0 Å². The van der Waals surface area contributed by atoms with Gasteiger partial charge in [0.15, 0.2) is 16.4 Å². The number of halogens is 4. The first-order valence-corrected chi connectivity index (χ1v) is 7.52. The Morgan fingerprint density at radius 3 is 2.30 bits per heavy atom. The number of hydrogen-bond acceptors (Lipinski definition) is 1. The summed E-state index contributed by atoms with van der Waals surface area (Å²) in [6.45, 7) is 0. The molecule has 2 nitrogen and oxygen atoms in total. The molecular formula is C13H6Br2F2N2S. The fourth-order valence-electron chi connectivity index (χ4n) is 2.05. The van der Waals surface area contributed by atoms with Crippen molar-refractivity contribution in [1.82, 2.24) is 9.55 Å². The molecule has 1 N–H and O–H groups in total. The Hall–Kier alpha value is -1.05. The maximum absolute atomic E-state index is 14.1. The summed E-state index contributed by atoms with van der Waals surface area (Å²) in [5.74, 6) is -1.37. The number of nitrogens with zero attached hydrogens (tertiary/aromatic N) is 1. The average molecular weight is 420 g/mol. The van der Waals surface area contributed by atoms with Crippen LogP contribution >= 0.6 is 44.1 Å². The van der Waals surface area contributed by atoms with Gasteiger partial charge in [-0.05, 0) is 42.5 Å². The van der Waals surface area contributed by atoms with E-state index in [9.17, 15) is 8.78 Å². The van der Waals surface area contributed by atoms with Gasteiger partial charge < -0.3 is 4.98 Å². The fourth-order valence-corrected chi connectivity index (χ4v) is 3.10. The summed E-state index contributed by atoms with van der Waals surface area (Å²) < 4.78 is 31.0. The third-order valence-electron chi connectivity index (χ3n) is 2.85. The first kappa shape index (κ1) is 13.9. The van der Waals surface area contributed by atoms with Crippen LogP contribution in [0, 0.1) is 16.4 Å². The zero-order valence-corrected chi connectivity index (χ0v) is 13.7. The first-order valence-electron chi connectivity index (χ1n) is 5.52. The molecule has 0 saturated carbocycles. The molecule has 0 bridgehead atoms. The van der Waals surface area contributed by atoms with Gasteiger partial charge in [0.25, 0.3) is 0 Å². The Kier molecular flexibility index (Phi) is 3.51. The Bertz CT molecular complexity index is 863. The molecule has 0 atom stereocenters. The zero-order chi connectivity index (χ0) is 14.4. The Morgan fingerprint density at radius 2 is 1.65 bits per heavy atom. The largest absolute Gasteiger partial charge is 0.330 e. The van der Waals surface area contributed by atoms with Gasteiger partial charge in [-0.3, -0.25) is 4.57 Å². The van der Waals surface area contributed by atoms with Crippen LogP contribution in [-0.4, -0.2) is 9.55 Å². The van der Waals surface area contributed by atoms with E-state index in [4.69, 9.17) is 12.2 Å². The second-order valence-corrected chi connectivity index (χ2v) is 6.36. The Morgan fingerprint density at radius 1 is 1.00 bits per heavy atom. The van der Waals surface area contributed by atoms with E-state index in [2.05, 4.69) is 36.8 Å². The third kappa shape index (κ3) is 2.23. The highest BCUT2D eigenvalue weighted by Crippen LogP contribution is 2.28. The van der Waals surface area contributed by atoms with E-state index in [1.807, 2.05) is 6.07 Å². The molecular weight excluding hydrogens is 414 g/mol. The van der Waals surface area contributed by atoms with E-state index in [-0.39, 0.29) is 10.5 Å². The predicted molar refractivity (Wildman–Crippen MR) is 83.8 cm³/mol. The van der Waals surface area contributed by atoms with E-state index in [1.165, 1.54) is 16.7 Å². The number of hydrogen-bond donors (Lipinski definition) is 1. The van der Waals surface area contributed by atoms with Gasteiger partial charge in [-0.25, -0.2) is 8.78 Å². The van der Waals surface area contributed by atoms with Gasteiger partial charge in [0.2, 0.25) is 0 Å². The number of rotatable bonds is 1. The van der Waals surface area contributed by atoms with Gasteiger partial charge in [-0.15, -0.1) is 0 Å². The van der Waals surface area contributed by atoms with Crippen LogP contribution < -0.4 is 0 Å². The molecule has 1 heterocycles. The summed E-state index contributed by atoms with van der Waals surface area (Å²) in [6, 6.07) is 7.78. The highest BCUT2D eigenvalue weighted by atomic mass is 79.9. The molecule has 0 saturated heterocycles. The number of aromatic nitrogens is 2. The van der Waals surface area contributed by atoms with Crippen LogP contribution in [0.2, 0.25) is 0 Å². The summed E-state index contributed by atoms with van der Waals surface area (Å²) >= 11 is 11.6. The van der Waals surface area contributed by atoms with E-state index in [1.54, 1.807) is 12.1 Å². The highest BCUT2D eigenvalue weighted by molar-refractivity contribution is 9.10. The van der Waals surface area contributed by atoms with Crippen molar-refractivity contribution in [2.75, 3.05) is 0 Å². The summed E-state index contributed by atoms with van der Waals surface area (Å²) in [5, 5.41) is 0. The predicted octanol–water partition coefficient (Wildman–Crippen LogP) is 5.49. The minimum absolute atomic E-state index is 0.192. The molecule has 1 aromatic heterocycles. The van der Waals surface area contributed by atoms with E-state index >= 15 is 0 Å². The van der Waals surface area contributed by atoms with Crippen LogP contribution in [0.25, 0.3) is 16.7 Å². The molecule has 0 aliphatic carbocycles. The van der Waals surface area contributed by atoms with Crippen molar-refractivity contribution in [3.05, 3.63) is 55.7 Å². The standard InChI is InChI=1S/C13H6Br2F2N2S/c14-6-1-2-10-11(5-6)19(13(20)18-10)12-8(16)3-7(15)4-9(12)17/h1-5H,(H,18,20). The van der Waals surface area contributed by atoms with Crippen LogP contribution in [0.3, 0.4) is 0 Å². The number of nitrogens with one attached hydrogen (secondary N) is 1. The highest BCUT2D eigenvalue weighted by Gasteiger charge is 2.16. The molecule has 0 unspecified atom stereocenters. The Balaban J connectivity index is 2.44. The summed E-state index contributed by atoms with van der Waals surface area (Å²) in [6.07, 6.45) is 0. The molecule has 0 spiro atoms. The third-order valence-corrected chi connectivity index (χ3v) is 4.09. The molecule has 0 amide bonds. The topological polar surface area (TPSA) is 20.7 Å². The van der Waals surface area contributed by atoms with Crippen molar-refractivity contribution >= 4 is 55.1 Å². The summed E-state index contributed by atoms with van der Waals surface area (Å²) in [7, 11) is 0. The van der Waals surface area contributed by atoms with Gasteiger partial charge >= 0.3 is 0 Å². The van der Waals surface area contributed by atoms with Gasteiger partial charge in [0.1, 0.15) is 5.69 Å². The molecule has 0 aliphatic heterocycles. The van der Waals surface area contributed by atoms with Crippen molar-refractivity contribution in [3.8, 4) is 5.69 Å². The van der Waals surface area contributed by atoms with E-state index in [0.717, 1.165) is 4.47 Å². The summed E-state index contributed by atoms with van der Waals surface area (Å²) in [4.78, 5) is 2.93. The van der Waals surface area contributed by atoms with Gasteiger partial charge in [-0.1, -0.05) is 31.9 Å². The van der Waals surface area contributed by atoms with Gasteiger partial charge in [0, 0.05) is 8.95 Å². The summed E-state index contributed by atoms with van der Waals surface area (Å²) in [5.41, 5.74) is 1.12. The lowest BCUT2D eigenvalue weighted by molar-refractivity contribution is 0.569. The van der Waals surface area contributed by atoms with E-state index < -0.39 is 11.6 Å². The van der Waals surface area contributed by atoms with Crippen LogP contribution in [0.15, 0.2) is 39.3 Å². The molecule has 0 radical (unpaired) electrons. The zero-order valence-electron chi connectivity index (χ0n) is 9.75. The lowest BCUT2D eigenvalue weighted by atomic mass is 10.2. The van der Waals surface area contributed by atoms with E-state index in [0.29, 0.717) is 15.5 Å². The first-order chi connectivity index (χ1) is 9.47. The van der Waals surface area contributed by atoms with Gasteiger partial charge in [-0.2, -0.15) is 0 Å². The quantitative estimate of drug-likeness (QED) is 0.517. The SMILES string of the molecule is Fc1cc(Br)cc(F)c1-n1c(=S)[nH]c2ccc(Br)cc21. The fraction of sp³-hybridized carbons (Fsp3) is 0. The molecule has 3 rings (SSSR count). The molecule has 2 aromatic carbocycles. The molecule has 0 fully saturated rings. The molecule has 102 valence electrons. The minimum Gasteiger partial charge on any atom is -0.330 e. The Labute approximate surface area is 134 Å². The van der Waals surface area contributed by atoms with Crippen LogP contribution in [0.5, 0.6) is 0 Å². The number of H-pyrrole nitrogens is 1. The number of fused-ring (bicyclic) bond motifs is 1.